The molecule has 0 rings (SSSR count). The van der Waals surface area contributed by atoms with E-state index < -0.39 is 11.1 Å². The Morgan fingerprint density at radius 3 is 2.33 bits per heavy atom. The highest BCUT2D eigenvalue weighted by molar-refractivity contribution is 7.79. The molecule has 0 aliphatic heterocycles. The Balaban J connectivity index is 2.83. The number of hydrogen-bond acceptors (Lipinski definition) is 2. The molecule has 2 nitrogen and oxygen atoms in total. The van der Waals surface area contributed by atoms with Gasteiger partial charge in [-0.3, -0.25) is 4.21 Å². The zero-order valence-electron chi connectivity index (χ0n) is 3.64. The average molecular weight is 123 g/mol. The molecular weight excluding hydrogens is 116 g/mol. The van der Waals surface area contributed by atoms with Crippen molar-refractivity contribution in [3.63, 3.8) is 0 Å². The van der Waals surface area contributed by atoms with E-state index in [0.717, 1.165) is 16.3 Å². The summed E-state index contributed by atoms with van der Waals surface area (Å²) < 4.78 is 19.2. The van der Waals surface area contributed by atoms with Gasteiger partial charge in [0.1, 0.15) is 0 Å². The second-order valence-electron chi connectivity index (χ2n) is 1.01. The lowest BCUT2D eigenvalue weighted by atomic mass is 11.0. The van der Waals surface area contributed by atoms with Gasteiger partial charge in [-0.05, 0) is 0 Å². The highest BCUT2D eigenvalue weighted by Crippen LogP contribution is 1.74. The van der Waals surface area contributed by atoms with Crippen molar-refractivity contribution in [2.75, 3.05) is 5.75 Å². The van der Waals surface area contributed by atoms with E-state index in [4.69, 9.17) is 0 Å². The minimum Gasteiger partial charge on any atom is -0.772 e. The highest BCUT2D eigenvalue weighted by Gasteiger charge is 1.73. The third-order valence-electron chi connectivity index (χ3n) is 0.371. The Kier molecular flexibility index (Phi) is 3.71. The normalized spacial score (nSPS) is 14.8. The van der Waals surface area contributed by atoms with Crippen LogP contribution in [0.3, 0.4) is 0 Å². The van der Waals surface area contributed by atoms with Gasteiger partial charge in [-0.15, -0.1) is 0 Å². The Bertz CT molecular complexity index is 55.5. The SMILES string of the molecule is O=S([O-])CC[SiH3]. The maximum Gasteiger partial charge on any atom is 0.00702 e. The predicted octanol–water partition coefficient (Wildman–Crippen LogP) is -1.35. The zero-order chi connectivity index (χ0) is 4.99. The molecule has 0 saturated carbocycles. The van der Waals surface area contributed by atoms with Crippen molar-refractivity contribution in [2.45, 2.75) is 6.04 Å². The van der Waals surface area contributed by atoms with Gasteiger partial charge in [-0.1, -0.05) is 17.1 Å². The second kappa shape index (κ2) is 3.51. The van der Waals surface area contributed by atoms with E-state index in [1.165, 1.54) is 0 Å². The summed E-state index contributed by atoms with van der Waals surface area (Å²) in [7, 11) is 0.994. The molecule has 0 saturated heterocycles. The van der Waals surface area contributed by atoms with Crippen LogP contribution in [-0.4, -0.2) is 24.8 Å². The maximum atomic E-state index is 9.62. The first kappa shape index (κ1) is 6.33. The van der Waals surface area contributed by atoms with Gasteiger partial charge in [-0.25, -0.2) is 0 Å². The van der Waals surface area contributed by atoms with E-state index in [1.54, 1.807) is 0 Å². The fraction of sp³-hybridized carbons (Fsp3) is 1.00. The summed E-state index contributed by atoms with van der Waals surface area (Å²) in [4.78, 5) is 0. The van der Waals surface area contributed by atoms with Gasteiger partial charge in [0.15, 0.2) is 0 Å². The third-order valence-corrected chi connectivity index (χ3v) is 2.34. The largest absolute Gasteiger partial charge is 0.772 e. The van der Waals surface area contributed by atoms with Gasteiger partial charge in [-0.2, -0.15) is 0 Å². The van der Waals surface area contributed by atoms with Crippen LogP contribution < -0.4 is 0 Å². The summed E-state index contributed by atoms with van der Waals surface area (Å²) in [5, 5.41) is 0. The Hall–Kier alpha value is 0.327. The first-order chi connectivity index (χ1) is 2.77. The molecule has 0 radical (unpaired) electrons. The first-order valence-electron chi connectivity index (χ1n) is 1.83. The Morgan fingerprint density at radius 1 is 1.83 bits per heavy atom. The second-order valence-corrected chi connectivity index (χ2v) is 3.02. The zero-order valence-corrected chi connectivity index (χ0v) is 6.46. The van der Waals surface area contributed by atoms with Gasteiger partial charge in [0.05, 0.1) is 0 Å². The molecule has 38 valence electrons. The van der Waals surface area contributed by atoms with Crippen molar-refractivity contribution in [1.82, 2.24) is 0 Å². The molecule has 0 heterocycles. The van der Waals surface area contributed by atoms with Crippen molar-refractivity contribution in [1.29, 1.82) is 0 Å². The molecule has 1 atom stereocenters. The number of rotatable bonds is 2. The molecule has 0 spiro atoms. The molecule has 0 aliphatic rings. The minimum absolute atomic E-state index is 0.353. The molecule has 0 bridgehead atoms. The van der Waals surface area contributed by atoms with Crippen molar-refractivity contribution in [2.24, 2.45) is 0 Å². The fourth-order valence-corrected chi connectivity index (χ4v) is 1.50. The summed E-state index contributed by atoms with van der Waals surface area (Å²) in [5.74, 6) is 0.353. The maximum absolute atomic E-state index is 9.62. The van der Waals surface area contributed by atoms with Crippen molar-refractivity contribution < 1.29 is 8.76 Å². The van der Waals surface area contributed by atoms with E-state index in [0.29, 0.717) is 5.75 Å². The average Bonchev–Trinajstić information content (AvgIpc) is 1.35. The van der Waals surface area contributed by atoms with Gasteiger partial charge in [0.2, 0.25) is 0 Å². The topological polar surface area (TPSA) is 40.1 Å². The van der Waals surface area contributed by atoms with E-state index in [2.05, 4.69) is 0 Å². The Morgan fingerprint density at radius 2 is 2.33 bits per heavy atom. The highest BCUT2D eigenvalue weighted by atomic mass is 32.2. The summed E-state index contributed by atoms with van der Waals surface area (Å²) in [5.41, 5.74) is 0. The smallest absolute Gasteiger partial charge is 0.00702 e. The molecule has 0 aromatic rings. The minimum atomic E-state index is -1.78. The van der Waals surface area contributed by atoms with Crippen LogP contribution >= 0.6 is 0 Å². The molecule has 0 N–H and O–H groups in total. The monoisotopic (exact) mass is 123 g/mol. The van der Waals surface area contributed by atoms with Crippen LogP contribution in [0.2, 0.25) is 6.04 Å². The van der Waals surface area contributed by atoms with Crippen LogP contribution in [0.5, 0.6) is 0 Å². The molecule has 0 amide bonds. The van der Waals surface area contributed by atoms with Crippen molar-refractivity contribution >= 4 is 21.3 Å². The lowest BCUT2D eigenvalue weighted by Crippen LogP contribution is -1.91. The van der Waals surface area contributed by atoms with Gasteiger partial charge in [0, 0.05) is 16.0 Å². The van der Waals surface area contributed by atoms with Gasteiger partial charge in [0.25, 0.3) is 0 Å². The summed E-state index contributed by atoms with van der Waals surface area (Å²) in [6, 6.07) is 0.857. The fourth-order valence-electron chi connectivity index (χ4n) is 0.167. The molecule has 6 heavy (non-hydrogen) atoms. The van der Waals surface area contributed by atoms with Crippen LogP contribution in [0.15, 0.2) is 0 Å². The quantitative estimate of drug-likeness (QED) is 0.336. The molecule has 0 fully saturated rings. The van der Waals surface area contributed by atoms with Crippen LogP contribution in [0.4, 0.5) is 0 Å². The molecule has 0 aromatic heterocycles. The lowest BCUT2D eigenvalue weighted by molar-refractivity contribution is 0.538. The lowest BCUT2D eigenvalue weighted by Gasteiger charge is -1.97. The van der Waals surface area contributed by atoms with Crippen LogP contribution in [-0.2, 0) is 11.1 Å². The summed E-state index contributed by atoms with van der Waals surface area (Å²) >= 11 is -1.78. The molecule has 4 heteroatoms. The predicted molar refractivity (Wildman–Crippen MR) is 28.5 cm³/mol. The molecular formula is C2H7O2SSi-. The molecule has 1 unspecified atom stereocenters. The van der Waals surface area contributed by atoms with Crippen LogP contribution in [0.1, 0.15) is 0 Å². The van der Waals surface area contributed by atoms with Gasteiger partial charge < -0.3 is 4.55 Å². The first-order valence-corrected chi connectivity index (χ1v) is 4.49. The third kappa shape index (κ3) is 4.33. The van der Waals surface area contributed by atoms with Crippen molar-refractivity contribution in [3.8, 4) is 0 Å². The Labute approximate surface area is 42.7 Å². The molecule has 0 aromatic carbocycles. The van der Waals surface area contributed by atoms with E-state index in [9.17, 15) is 8.76 Å². The molecule has 0 aliphatic carbocycles. The van der Waals surface area contributed by atoms with E-state index >= 15 is 0 Å². The van der Waals surface area contributed by atoms with E-state index in [-0.39, 0.29) is 0 Å². The van der Waals surface area contributed by atoms with Gasteiger partial charge >= 0.3 is 0 Å². The standard InChI is InChI=1S/C2H8O2SSi/c3-5(4)1-2-6/h1-2H2,6H3,(H,3,4)/p-1. The summed E-state index contributed by atoms with van der Waals surface area (Å²) in [6.07, 6.45) is 0. The van der Waals surface area contributed by atoms with E-state index in [1.807, 2.05) is 0 Å². The van der Waals surface area contributed by atoms with Crippen molar-refractivity contribution in [3.05, 3.63) is 0 Å². The van der Waals surface area contributed by atoms with Crippen LogP contribution in [0.25, 0.3) is 0 Å². The number of hydrogen-bond donors (Lipinski definition) is 0. The summed E-state index contributed by atoms with van der Waals surface area (Å²) in [6.45, 7) is 0. The van der Waals surface area contributed by atoms with Crippen LogP contribution in [0, 0.1) is 0 Å².